The van der Waals surface area contributed by atoms with Crippen LogP contribution >= 0.6 is 0 Å². The Balaban J connectivity index is 2.09. The van der Waals surface area contributed by atoms with Gasteiger partial charge in [0, 0.05) is 11.6 Å². The first-order valence-electron chi connectivity index (χ1n) is 7.20. The summed E-state index contributed by atoms with van der Waals surface area (Å²) in [5, 5.41) is 13.4. The molecule has 124 valence electrons. The number of hydrogen-bond donors (Lipinski definition) is 1. The first kappa shape index (κ1) is 17.1. The van der Waals surface area contributed by atoms with Gasteiger partial charge in [-0.1, -0.05) is 18.2 Å². The van der Waals surface area contributed by atoms with Crippen molar-refractivity contribution in [1.29, 1.82) is 0 Å². The van der Waals surface area contributed by atoms with Crippen molar-refractivity contribution in [1.82, 2.24) is 0 Å². The summed E-state index contributed by atoms with van der Waals surface area (Å²) in [6.45, 7) is 2.93. The zero-order valence-electron chi connectivity index (χ0n) is 13.2. The number of benzene rings is 2. The number of anilines is 1. The SMILES string of the molecule is CC(=O)c1ccccc1NC(=O)[C@H](C)Oc1cccc([N+](=O)[O-])c1. The Morgan fingerprint density at radius 2 is 1.88 bits per heavy atom. The highest BCUT2D eigenvalue weighted by molar-refractivity contribution is 6.04. The van der Waals surface area contributed by atoms with Crippen LogP contribution in [0.1, 0.15) is 24.2 Å². The van der Waals surface area contributed by atoms with E-state index in [2.05, 4.69) is 5.32 Å². The lowest BCUT2D eigenvalue weighted by atomic mass is 10.1. The molecule has 0 saturated heterocycles. The summed E-state index contributed by atoms with van der Waals surface area (Å²) in [5.74, 6) is -0.417. The number of nitrogens with one attached hydrogen (secondary N) is 1. The van der Waals surface area contributed by atoms with Crippen LogP contribution < -0.4 is 10.1 Å². The van der Waals surface area contributed by atoms with Crippen LogP contribution in [-0.4, -0.2) is 22.7 Å². The molecule has 0 bridgehead atoms. The quantitative estimate of drug-likeness (QED) is 0.499. The number of rotatable bonds is 6. The second kappa shape index (κ2) is 7.36. The Kier molecular flexibility index (Phi) is 5.26. The minimum absolute atomic E-state index is 0.123. The number of carbonyl (C=O) groups excluding carboxylic acids is 2. The molecular formula is C17H16N2O5. The number of amides is 1. The molecule has 0 fully saturated rings. The Hall–Kier alpha value is -3.22. The zero-order chi connectivity index (χ0) is 17.7. The summed E-state index contributed by atoms with van der Waals surface area (Å²) in [7, 11) is 0. The molecule has 0 saturated carbocycles. The minimum atomic E-state index is -0.896. The van der Waals surface area contributed by atoms with E-state index < -0.39 is 16.9 Å². The van der Waals surface area contributed by atoms with Crippen LogP contribution in [0.2, 0.25) is 0 Å². The standard InChI is InChI=1S/C17H16N2O5/c1-11(20)15-8-3-4-9-16(15)18-17(21)12(2)24-14-7-5-6-13(10-14)19(22)23/h3-10,12H,1-2H3,(H,18,21)/t12-/m0/s1. The van der Waals surface area contributed by atoms with Crippen LogP contribution in [-0.2, 0) is 4.79 Å². The molecule has 0 aliphatic heterocycles. The number of non-ortho nitro benzene ring substituents is 1. The van der Waals surface area contributed by atoms with Gasteiger partial charge in [0.25, 0.3) is 11.6 Å². The van der Waals surface area contributed by atoms with Gasteiger partial charge < -0.3 is 10.1 Å². The molecule has 1 amide bonds. The molecule has 2 aromatic rings. The molecule has 7 heteroatoms. The number of ketones is 1. The van der Waals surface area contributed by atoms with E-state index in [9.17, 15) is 19.7 Å². The molecule has 0 unspecified atom stereocenters. The molecule has 1 N–H and O–H groups in total. The van der Waals surface area contributed by atoms with Crippen LogP contribution in [0.25, 0.3) is 0 Å². The Morgan fingerprint density at radius 1 is 1.17 bits per heavy atom. The van der Waals surface area contributed by atoms with Crippen molar-refractivity contribution in [2.24, 2.45) is 0 Å². The van der Waals surface area contributed by atoms with Crippen molar-refractivity contribution >= 4 is 23.1 Å². The highest BCUT2D eigenvalue weighted by atomic mass is 16.6. The number of Topliss-reactive ketones (excluding diaryl/α,β-unsaturated/α-hetero) is 1. The molecule has 0 radical (unpaired) electrons. The van der Waals surface area contributed by atoms with Crippen LogP contribution in [0, 0.1) is 10.1 Å². The van der Waals surface area contributed by atoms with Crippen molar-refractivity contribution in [2.45, 2.75) is 20.0 Å². The molecule has 0 spiro atoms. The lowest BCUT2D eigenvalue weighted by Gasteiger charge is -2.15. The molecule has 7 nitrogen and oxygen atoms in total. The number of ether oxygens (including phenoxy) is 1. The highest BCUT2D eigenvalue weighted by Crippen LogP contribution is 2.21. The monoisotopic (exact) mass is 328 g/mol. The van der Waals surface area contributed by atoms with Gasteiger partial charge in [0.05, 0.1) is 16.7 Å². The second-order valence-electron chi connectivity index (χ2n) is 5.11. The average Bonchev–Trinajstić information content (AvgIpc) is 2.55. The minimum Gasteiger partial charge on any atom is -0.481 e. The summed E-state index contributed by atoms with van der Waals surface area (Å²) in [6, 6.07) is 12.2. The van der Waals surface area contributed by atoms with Crippen molar-refractivity contribution < 1.29 is 19.2 Å². The van der Waals surface area contributed by atoms with Crippen LogP contribution in [0.4, 0.5) is 11.4 Å². The van der Waals surface area contributed by atoms with Gasteiger partial charge in [0.15, 0.2) is 11.9 Å². The molecular weight excluding hydrogens is 312 g/mol. The van der Waals surface area contributed by atoms with Crippen molar-refractivity contribution in [3.8, 4) is 5.75 Å². The summed E-state index contributed by atoms with van der Waals surface area (Å²) in [6.07, 6.45) is -0.896. The molecule has 24 heavy (non-hydrogen) atoms. The third kappa shape index (κ3) is 4.16. The van der Waals surface area contributed by atoms with Gasteiger partial charge in [0.1, 0.15) is 5.75 Å². The van der Waals surface area contributed by atoms with E-state index in [0.29, 0.717) is 11.3 Å². The number of carbonyl (C=O) groups is 2. The van der Waals surface area contributed by atoms with Crippen LogP contribution in [0.15, 0.2) is 48.5 Å². The summed E-state index contributed by atoms with van der Waals surface area (Å²) < 4.78 is 5.44. The number of para-hydroxylation sites is 1. The maximum atomic E-state index is 12.2. The van der Waals surface area contributed by atoms with Gasteiger partial charge in [-0.15, -0.1) is 0 Å². The molecule has 2 rings (SSSR count). The van der Waals surface area contributed by atoms with Crippen molar-refractivity contribution in [3.63, 3.8) is 0 Å². The third-order valence-electron chi connectivity index (χ3n) is 3.27. The van der Waals surface area contributed by atoms with E-state index in [1.165, 1.54) is 38.1 Å². The molecule has 0 aromatic heterocycles. The summed E-state index contributed by atoms with van der Waals surface area (Å²) in [5.41, 5.74) is 0.667. The van der Waals surface area contributed by atoms with E-state index in [4.69, 9.17) is 4.74 Å². The first-order valence-corrected chi connectivity index (χ1v) is 7.20. The molecule has 1 atom stereocenters. The molecule has 0 aliphatic carbocycles. The Bertz CT molecular complexity index is 788. The lowest BCUT2D eigenvalue weighted by molar-refractivity contribution is -0.384. The molecule has 0 aliphatic rings. The molecule has 2 aromatic carbocycles. The normalized spacial score (nSPS) is 11.4. The van der Waals surface area contributed by atoms with Gasteiger partial charge in [-0.2, -0.15) is 0 Å². The average molecular weight is 328 g/mol. The fourth-order valence-corrected chi connectivity index (χ4v) is 2.06. The zero-order valence-corrected chi connectivity index (χ0v) is 13.2. The van der Waals surface area contributed by atoms with Crippen molar-refractivity contribution in [3.05, 3.63) is 64.2 Å². The highest BCUT2D eigenvalue weighted by Gasteiger charge is 2.18. The topological polar surface area (TPSA) is 98.5 Å². The maximum absolute atomic E-state index is 12.2. The van der Waals surface area contributed by atoms with E-state index in [1.807, 2.05) is 0 Å². The summed E-state index contributed by atoms with van der Waals surface area (Å²) in [4.78, 5) is 34.0. The fourth-order valence-electron chi connectivity index (χ4n) is 2.06. The van der Waals surface area contributed by atoms with Crippen LogP contribution in [0.5, 0.6) is 5.75 Å². The third-order valence-corrected chi connectivity index (χ3v) is 3.27. The Labute approximate surface area is 138 Å². The number of hydrogen-bond acceptors (Lipinski definition) is 5. The van der Waals surface area contributed by atoms with Gasteiger partial charge in [0.2, 0.25) is 0 Å². The largest absolute Gasteiger partial charge is 0.481 e. The van der Waals surface area contributed by atoms with E-state index >= 15 is 0 Å². The van der Waals surface area contributed by atoms with Gasteiger partial charge >= 0.3 is 0 Å². The van der Waals surface area contributed by atoms with Crippen LogP contribution in [0.3, 0.4) is 0 Å². The molecule has 0 heterocycles. The summed E-state index contributed by atoms with van der Waals surface area (Å²) >= 11 is 0. The van der Waals surface area contributed by atoms with E-state index in [-0.39, 0.29) is 17.2 Å². The number of nitro benzene ring substituents is 1. The number of nitrogens with zero attached hydrogens (tertiary/aromatic N) is 1. The number of nitro groups is 1. The predicted molar refractivity (Wildman–Crippen MR) is 88.3 cm³/mol. The lowest BCUT2D eigenvalue weighted by Crippen LogP contribution is -2.30. The smallest absolute Gasteiger partial charge is 0.273 e. The van der Waals surface area contributed by atoms with E-state index in [1.54, 1.807) is 24.3 Å². The maximum Gasteiger partial charge on any atom is 0.273 e. The van der Waals surface area contributed by atoms with Gasteiger partial charge in [-0.3, -0.25) is 19.7 Å². The van der Waals surface area contributed by atoms with Crippen molar-refractivity contribution in [2.75, 3.05) is 5.32 Å². The Morgan fingerprint density at radius 3 is 2.54 bits per heavy atom. The van der Waals surface area contributed by atoms with Gasteiger partial charge in [-0.05, 0) is 32.0 Å². The predicted octanol–water partition coefficient (Wildman–Crippen LogP) is 3.20. The van der Waals surface area contributed by atoms with E-state index in [0.717, 1.165) is 0 Å². The first-order chi connectivity index (χ1) is 11.4. The fraction of sp³-hybridized carbons (Fsp3) is 0.176. The van der Waals surface area contributed by atoms with Gasteiger partial charge in [-0.25, -0.2) is 0 Å². The second-order valence-corrected chi connectivity index (χ2v) is 5.11.